The Morgan fingerprint density at radius 3 is 2.80 bits per heavy atom. The number of nitrogens with zero attached hydrogens (tertiary/aromatic N) is 1. The van der Waals surface area contributed by atoms with Crippen LogP contribution >= 0.6 is 11.3 Å². The number of fused-ring (bicyclic) bond motifs is 1. The van der Waals surface area contributed by atoms with E-state index in [-0.39, 0.29) is 5.91 Å². The molecule has 1 heterocycles. The third kappa shape index (κ3) is 5.54. The van der Waals surface area contributed by atoms with Crippen molar-refractivity contribution in [3.05, 3.63) is 39.8 Å². The molecule has 1 amide bonds. The van der Waals surface area contributed by atoms with E-state index >= 15 is 0 Å². The number of hydrogen-bond donors (Lipinski definition) is 1. The van der Waals surface area contributed by atoms with Crippen molar-refractivity contribution in [2.75, 3.05) is 18.5 Å². The first-order valence-electron chi connectivity index (χ1n) is 10.9. The van der Waals surface area contributed by atoms with Crippen LogP contribution in [0.25, 0.3) is 0 Å². The summed E-state index contributed by atoms with van der Waals surface area (Å²) in [6.45, 7) is 5.31. The van der Waals surface area contributed by atoms with Crippen LogP contribution in [0.5, 0.6) is 11.5 Å². The molecule has 1 aliphatic carbocycles. The zero-order chi connectivity index (χ0) is 21.3. The maximum absolute atomic E-state index is 12.5. The van der Waals surface area contributed by atoms with E-state index in [1.807, 2.05) is 25.1 Å². The first-order valence-corrected chi connectivity index (χ1v) is 11.7. The lowest BCUT2D eigenvalue weighted by Crippen LogP contribution is -2.12. The Hall–Kier alpha value is -2.52. The van der Waals surface area contributed by atoms with Gasteiger partial charge in [0, 0.05) is 11.3 Å². The molecule has 1 aromatic carbocycles. The fraction of sp³-hybridized carbons (Fsp3) is 0.500. The van der Waals surface area contributed by atoms with Gasteiger partial charge in [-0.2, -0.15) is 5.26 Å². The Kier molecular flexibility index (Phi) is 8.15. The van der Waals surface area contributed by atoms with E-state index in [0.717, 1.165) is 61.2 Å². The summed E-state index contributed by atoms with van der Waals surface area (Å²) in [7, 11) is 0. The van der Waals surface area contributed by atoms with Crippen molar-refractivity contribution in [1.29, 1.82) is 5.26 Å². The lowest BCUT2D eigenvalue weighted by Gasteiger charge is -2.13. The molecule has 0 fully saturated rings. The van der Waals surface area contributed by atoms with Crippen LogP contribution in [0.4, 0.5) is 5.00 Å². The molecule has 2 aromatic rings. The molecular weight excluding hydrogens is 396 g/mol. The topological polar surface area (TPSA) is 71.3 Å². The van der Waals surface area contributed by atoms with Gasteiger partial charge in [-0.05, 0) is 68.7 Å². The largest absolute Gasteiger partial charge is 0.490 e. The fourth-order valence-electron chi connectivity index (χ4n) is 3.64. The number of carbonyl (C=O) groups is 1. The first-order chi connectivity index (χ1) is 14.7. The van der Waals surface area contributed by atoms with Crippen LogP contribution in [0.15, 0.2) is 18.2 Å². The molecule has 0 unspecified atom stereocenters. The minimum atomic E-state index is -0.0636. The Morgan fingerprint density at radius 1 is 1.20 bits per heavy atom. The predicted molar refractivity (Wildman–Crippen MR) is 121 cm³/mol. The quantitative estimate of drug-likeness (QED) is 0.499. The molecule has 160 valence electrons. The molecule has 0 aliphatic heterocycles. The third-order valence-electron chi connectivity index (χ3n) is 5.24. The zero-order valence-electron chi connectivity index (χ0n) is 17.9. The summed E-state index contributed by atoms with van der Waals surface area (Å²) in [5, 5.41) is 13.2. The van der Waals surface area contributed by atoms with Crippen molar-refractivity contribution in [3.63, 3.8) is 0 Å². The molecule has 6 heteroatoms. The molecule has 1 N–H and O–H groups in total. The van der Waals surface area contributed by atoms with Crippen LogP contribution in [-0.4, -0.2) is 19.1 Å². The normalized spacial score (nSPS) is 12.7. The predicted octanol–water partition coefficient (Wildman–Crippen LogP) is 5.65. The zero-order valence-corrected chi connectivity index (χ0v) is 18.7. The summed E-state index contributed by atoms with van der Waals surface area (Å²) in [6.07, 6.45) is 7.28. The Labute approximate surface area is 183 Å². The highest BCUT2D eigenvalue weighted by molar-refractivity contribution is 7.16. The van der Waals surface area contributed by atoms with Gasteiger partial charge in [-0.15, -0.1) is 11.3 Å². The lowest BCUT2D eigenvalue weighted by atomic mass is 9.96. The molecule has 3 rings (SSSR count). The van der Waals surface area contributed by atoms with Crippen molar-refractivity contribution < 1.29 is 14.3 Å². The number of unbranched alkanes of at least 4 members (excludes halogenated alkanes) is 1. The van der Waals surface area contributed by atoms with Crippen molar-refractivity contribution in [2.24, 2.45) is 0 Å². The lowest BCUT2D eigenvalue weighted by molar-refractivity contribution is -0.116. The Balaban J connectivity index is 1.61. The molecule has 0 saturated heterocycles. The van der Waals surface area contributed by atoms with E-state index in [0.29, 0.717) is 36.6 Å². The number of anilines is 1. The van der Waals surface area contributed by atoms with Crippen molar-refractivity contribution in [3.8, 4) is 17.6 Å². The number of amides is 1. The van der Waals surface area contributed by atoms with E-state index in [9.17, 15) is 10.1 Å². The van der Waals surface area contributed by atoms with Gasteiger partial charge in [0.25, 0.3) is 0 Å². The molecule has 1 aromatic heterocycles. The standard InChI is InChI=1S/C24H30N2O3S/c1-3-5-14-29-20-12-10-17(15-21(20)28-4-2)11-13-23(27)26-24-19(16-25)18-8-6-7-9-22(18)30-24/h10,12,15H,3-9,11,13-14H2,1-2H3,(H,26,27). The second-order valence-corrected chi connectivity index (χ2v) is 8.60. The monoisotopic (exact) mass is 426 g/mol. The van der Waals surface area contributed by atoms with Crippen LogP contribution in [0.3, 0.4) is 0 Å². The molecule has 0 atom stereocenters. The molecule has 30 heavy (non-hydrogen) atoms. The highest BCUT2D eigenvalue weighted by Gasteiger charge is 2.21. The number of aryl methyl sites for hydroxylation is 2. The minimum absolute atomic E-state index is 0.0636. The van der Waals surface area contributed by atoms with Crippen LogP contribution in [-0.2, 0) is 24.1 Å². The van der Waals surface area contributed by atoms with E-state index < -0.39 is 0 Å². The molecule has 5 nitrogen and oxygen atoms in total. The van der Waals surface area contributed by atoms with Crippen molar-refractivity contribution in [2.45, 2.75) is 65.2 Å². The SMILES string of the molecule is CCCCOc1ccc(CCC(=O)Nc2sc3c(c2C#N)CCCC3)cc1OCC. The maximum atomic E-state index is 12.5. The van der Waals surface area contributed by atoms with Crippen LogP contribution in [0.2, 0.25) is 0 Å². The van der Waals surface area contributed by atoms with Gasteiger partial charge >= 0.3 is 0 Å². The summed E-state index contributed by atoms with van der Waals surface area (Å²) in [5.41, 5.74) is 2.83. The number of thiophene rings is 1. The number of ether oxygens (including phenoxy) is 2. The molecule has 0 saturated carbocycles. The molecule has 1 aliphatic rings. The van der Waals surface area contributed by atoms with Gasteiger partial charge in [0.15, 0.2) is 11.5 Å². The fourth-order valence-corrected chi connectivity index (χ4v) is 4.90. The highest BCUT2D eigenvalue weighted by Crippen LogP contribution is 2.37. The highest BCUT2D eigenvalue weighted by atomic mass is 32.1. The summed E-state index contributed by atoms with van der Waals surface area (Å²) in [4.78, 5) is 13.8. The van der Waals surface area contributed by atoms with Gasteiger partial charge in [0.05, 0.1) is 18.8 Å². The maximum Gasteiger partial charge on any atom is 0.225 e. The van der Waals surface area contributed by atoms with E-state index in [1.165, 1.54) is 4.88 Å². The molecule has 0 spiro atoms. The summed E-state index contributed by atoms with van der Waals surface area (Å²) in [5.74, 6) is 1.41. The van der Waals surface area contributed by atoms with Crippen LogP contribution in [0, 0.1) is 11.3 Å². The van der Waals surface area contributed by atoms with Gasteiger partial charge < -0.3 is 14.8 Å². The van der Waals surface area contributed by atoms with E-state index in [1.54, 1.807) is 11.3 Å². The summed E-state index contributed by atoms with van der Waals surface area (Å²) < 4.78 is 11.5. The smallest absolute Gasteiger partial charge is 0.225 e. The number of hydrogen-bond acceptors (Lipinski definition) is 5. The minimum Gasteiger partial charge on any atom is -0.490 e. The van der Waals surface area contributed by atoms with E-state index in [2.05, 4.69) is 18.3 Å². The van der Waals surface area contributed by atoms with Crippen LogP contribution < -0.4 is 14.8 Å². The van der Waals surface area contributed by atoms with Gasteiger partial charge in [0.2, 0.25) is 5.91 Å². The van der Waals surface area contributed by atoms with Crippen molar-refractivity contribution >= 4 is 22.2 Å². The molecule has 0 bridgehead atoms. The van der Waals surface area contributed by atoms with Crippen molar-refractivity contribution in [1.82, 2.24) is 0 Å². The summed E-state index contributed by atoms with van der Waals surface area (Å²) >= 11 is 1.57. The van der Waals surface area contributed by atoms with Gasteiger partial charge in [-0.1, -0.05) is 19.4 Å². The molecular formula is C24H30N2O3S. The number of nitrogens with one attached hydrogen (secondary N) is 1. The van der Waals surface area contributed by atoms with Crippen LogP contribution in [0.1, 0.15) is 67.5 Å². The van der Waals surface area contributed by atoms with E-state index in [4.69, 9.17) is 9.47 Å². The second-order valence-electron chi connectivity index (χ2n) is 7.49. The van der Waals surface area contributed by atoms with Gasteiger partial charge in [-0.3, -0.25) is 4.79 Å². The first kappa shape index (κ1) is 22.2. The Morgan fingerprint density at radius 2 is 2.03 bits per heavy atom. The number of benzene rings is 1. The molecule has 0 radical (unpaired) electrons. The average molecular weight is 427 g/mol. The van der Waals surface area contributed by atoms with Gasteiger partial charge in [-0.25, -0.2) is 0 Å². The number of rotatable bonds is 10. The average Bonchev–Trinajstić information content (AvgIpc) is 3.10. The summed E-state index contributed by atoms with van der Waals surface area (Å²) in [6, 6.07) is 8.17. The Bertz CT molecular complexity index is 914. The third-order valence-corrected chi connectivity index (χ3v) is 6.45. The second kappa shape index (κ2) is 11.0. The van der Waals surface area contributed by atoms with Gasteiger partial charge in [0.1, 0.15) is 11.1 Å². The number of nitriles is 1. The number of carbonyl (C=O) groups excluding carboxylic acids is 1.